The van der Waals surface area contributed by atoms with Gasteiger partial charge >= 0.3 is 0 Å². The molecule has 3 rings (SSSR count). The quantitative estimate of drug-likeness (QED) is 0.843. The van der Waals surface area contributed by atoms with E-state index >= 15 is 0 Å². The predicted molar refractivity (Wildman–Crippen MR) is 89.6 cm³/mol. The summed E-state index contributed by atoms with van der Waals surface area (Å²) >= 11 is 3.48. The average molecular weight is 346 g/mol. The molecule has 2 aromatic carbocycles. The number of halogens is 1. The second-order valence-corrected chi connectivity index (χ2v) is 7.03. The van der Waals surface area contributed by atoms with Crippen molar-refractivity contribution in [3.05, 3.63) is 64.1 Å². The fourth-order valence-corrected chi connectivity index (χ4v) is 3.18. The van der Waals surface area contributed by atoms with Gasteiger partial charge in [0, 0.05) is 16.1 Å². The first-order valence-corrected chi connectivity index (χ1v) is 8.06. The fourth-order valence-electron chi connectivity index (χ4n) is 2.92. The maximum absolute atomic E-state index is 6.09. The standard InChI is InChI=1S/C18H20BrNO/c1-12(13-8-10-14(19)11-9-13)20-17-15-6-4-5-7-16(15)21-18(17,2)3/h4-12,17,20H,1-3H3. The summed E-state index contributed by atoms with van der Waals surface area (Å²) in [6, 6.07) is 17.2. The van der Waals surface area contributed by atoms with Crippen molar-refractivity contribution < 1.29 is 4.74 Å². The Morgan fingerprint density at radius 2 is 1.76 bits per heavy atom. The number of hydrogen-bond acceptors (Lipinski definition) is 2. The SMILES string of the molecule is CC(NC1c2ccccc2OC1(C)C)c1ccc(Br)cc1. The molecule has 0 saturated heterocycles. The van der Waals surface area contributed by atoms with Crippen LogP contribution in [0.5, 0.6) is 5.75 Å². The maximum Gasteiger partial charge on any atom is 0.125 e. The molecule has 0 spiro atoms. The van der Waals surface area contributed by atoms with E-state index in [0.717, 1.165) is 10.2 Å². The lowest BCUT2D eigenvalue weighted by atomic mass is 9.93. The highest BCUT2D eigenvalue weighted by Crippen LogP contribution is 2.43. The van der Waals surface area contributed by atoms with Crippen LogP contribution < -0.4 is 10.1 Å². The van der Waals surface area contributed by atoms with Crippen LogP contribution in [0.3, 0.4) is 0 Å². The molecule has 1 heterocycles. The first kappa shape index (κ1) is 14.6. The smallest absolute Gasteiger partial charge is 0.125 e. The number of nitrogens with one attached hydrogen (secondary N) is 1. The van der Waals surface area contributed by atoms with Gasteiger partial charge in [-0.1, -0.05) is 46.3 Å². The lowest BCUT2D eigenvalue weighted by Gasteiger charge is -2.30. The van der Waals surface area contributed by atoms with Gasteiger partial charge in [0.1, 0.15) is 11.4 Å². The molecule has 110 valence electrons. The zero-order chi connectivity index (χ0) is 15.0. The molecule has 2 aromatic rings. The van der Waals surface area contributed by atoms with E-state index in [1.54, 1.807) is 0 Å². The third-order valence-corrected chi connectivity index (χ3v) is 4.61. The summed E-state index contributed by atoms with van der Waals surface area (Å²) in [7, 11) is 0. The summed E-state index contributed by atoms with van der Waals surface area (Å²) in [4.78, 5) is 0. The molecular weight excluding hydrogens is 326 g/mol. The molecule has 1 N–H and O–H groups in total. The number of ether oxygens (including phenoxy) is 1. The highest BCUT2D eigenvalue weighted by Gasteiger charge is 2.41. The van der Waals surface area contributed by atoms with E-state index < -0.39 is 0 Å². The number of rotatable bonds is 3. The summed E-state index contributed by atoms with van der Waals surface area (Å²) < 4.78 is 7.20. The Labute approximate surface area is 134 Å². The summed E-state index contributed by atoms with van der Waals surface area (Å²) in [5.41, 5.74) is 2.28. The van der Waals surface area contributed by atoms with Crippen molar-refractivity contribution in [2.24, 2.45) is 0 Å². The summed E-state index contributed by atoms with van der Waals surface area (Å²) in [6.07, 6.45) is 0. The Kier molecular flexibility index (Phi) is 3.80. The van der Waals surface area contributed by atoms with Crippen molar-refractivity contribution in [3.8, 4) is 5.75 Å². The highest BCUT2D eigenvalue weighted by molar-refractivity contribution is 9.10. The van der Waals surface area contributed by atoms with Crippen molar-refractivity contribution in [2.75, 3.05) is 0 Å². The summed E-state index contributed by atoms with van der Waals surface area (Å²) in [5, 5.41) is 3.72. The topological polar surface area (TPSA) is 21.3 Å². The number of fused-ring (bicyclic) bond motifs is 1. The zero-order valence-electron chi connectivity index (χ0n) is 12.6. The highest BCUT2D eigenvalue weighted by atomic mass is 79.9. The lowest BCUT2D eigenvalue weighted by Crippen LogP contribution is -2.40. The second-order valence-electron chi connectivity index (χ2n) is 6.12. The van der Waals surface area contributed by atoms with E-state index in [-0.39, 0.29) is 17.7 Å². The molecule has 0 bridgehead atoms. The minimum Gasteiger partial charge on any atom is -0.486 e. The Morgan fingerprint density at radius 3 is 2.48 bits per heavy atom. The molecule has 0 saturated carbocycles. The van der Waals surface area contributed by atoms with Gasteiger partial charge in [-0.15, -0.1) is 0 Å². The molecule has 1 aliphatic rings. The van der Waals surface area contributed by atoms with Crippen LogP contribution in [0, 0.1) is 0 Å². The predicted octanol–water partition coefficient (Wildman–Crippen LogP) is 5.01. The maximum atomic E-state index is 6.09. The zero-order valence-corrected chi connectivity index (χ0v) is 14.1. The molecule has 2 unspecified atom stereocenters. The van der Waals surface area contributed by atoms with Gasteiger partial charge in [0.15, 0.2) is 0 Å². The molecule has 0 radical (unpaired) electrons. The molecule has 0 fully saturated rings. The molecule has 0 aromatic heterocycles. The van der Waals surface area contributed by atoms with E-state index in [0.29, 0.717) is 0 Å². The van der Waals surface area contributed by atoms with Crippen molar-refractivity contribution in [2.45, 2.75) is 38.5 Å². The van der Waals surface area contributed by atoms with Crippen molar-refractivity contribution in [1.29, 1.82) is 0 Å². The van der Waals surface area contributed by atoms with Crippen LogP contribution in [0.4, 0.5) is 0 Å². The number of benzene rings is 2. The Morgan fingerprint density at radius 1 is 1.10 bits per heavy atom. The fraction of sp³-hybridized carbons (Fsp3) is 0.333. The van der Waals surface area contributed by atoms with E-state index in [4.69, 9.17) is 4.74 Å². The molecule has 0 amide bonds. The van der Waals surface area contributed by atoms with E-state index in [1.807, 2.05) is 12.1 Å². The minimum atomic E-state index is -0.243. The van der Waals surface area contributed by atoms with E-state index in [1.165, 1.54) is 11.1 Å². The molecule has 2 atom stereocenters. The van der Waals surface area contributed by atoms with Crippen LogP contribution in [0.1, 0.15) is 44.0 Å². The van der Waals surface area contributed by atoms with Gasteiger partial charge in [-0.25, -0.2) is 0 Å². The van der Waals surface area contributed by atoms with Crippen LogP contribution in [0.25, 0.3) is 0 Å². The average Bonchev–Trinajstić information content (AvgIpc) is 2.70. The molecule has 0 aliphatic carbocycles. The van der Waals surface area contributed by atoms with Gasteiger partial charge in [-0.05, 0) is 44.5 Å². The van der Waals surface area contributed by atoms with Gasteiger partial charge in [0.25, 0.3) is 0 Å². The van der Waals surface area contributed by atoms with Gasteiger partial charge in [0.05, 0.1) is 6.04 Å². The lowest BCUT2D eigenvalue weighted by molar-refractivity contribution is 0.0919. The van der Waals surface area contributed by atoms with Gasteiger partial charge in [-0.3, -0.25) is 5.32 Å². The normalized spacial score (nSPS) is 20.7. The molecule has 21 heavy (non-hydrogen) atoms. The number of para-hydroxylation sites is 1. The third-order valence-electron chi connectivity index (χ3n) is 4.08. The molecular formula is C18H20BrNO. The van der Waals surface area contributed by atoms with E-state index in [9.17, 15) is 0 Å². The van der Waals surface area contributed by atoms with Gasteiger partial charge < -0.3 is 4.74 Å². The monoisotopic (exact) mass is 345 g/mol. The van der Waals surface area contributed by atoms with Crippen molar-refractivity contribution >= 4 is 15.9 Å². The van der Waals surface area contributed by atoms with Crippen LogP contribution in [0.2, 0.25) is 0 Å². The Hall–Kier alpha value is -1.32. The van der Waals surface area contributed by atoms with Crippen LogP contribution in [-0.2, 0) is 0 Å². The summed E-state index contributed by atoms with van der Waals surface area (Å²) in [5.74, 6) is 0.989. The molecule has 3 heteroatoms. The second kappa shape index (κ2) is 5.47. The minimum absolute atomic E-state index is 0.187. The Bertz CT molecular complexity index is 636. The summed E-state index contributed by atoms with van der Waals surface area (Å²) in [6.45, 7) is 6.47. The van der Waals surface area contributed by atoms with Gasteiger partial charge in [-0.2, -0.15) is 0 Å². The molecule has 2 nitrogen and oxygen atoms in total. The van der Waals surface area contributed by atoms with Crippen molar-refractivity contribution in [3.63, 3.8) is 0 Å². The third kappa shape index (κ3) is 2.85. The first-order valence-electron chi connectivity index (χ1n) is 7.27. The molecule has 1 aliphatic heterocycles. The van der Waals surface area contributed by atoms with E-state index in [2.05, 4.69) is 78.4 Å². The largest absolute Gasteiger partial charge is 0.486 e. The van der Waals surface area contributed by atoms with Crippen LogP contribution in [0.15, 0.2) is 53.0 Å². The van der Waals surface area contributed by atoms with Gasteiger partial charge in [0.2, 0.25) is 0 Å². The number of hydrogen-bond donors (Lipinski definition) is 1. The Balaban J connectivity index is 1.85. The van der Waals surface area contributed by atoms with Crippen LogP contribution in [-0.4, -0.2) is 5.60 Å². The van der Waals surface area contributed by atoms with Crippen molar-refractivity contribution in [1.82, 2.24) is 5.32 Å². The first-order chi connectivity index (χ1) is 9.97. The van der Waals surface area contributed by atoms with Crippen LogP contribution >= 0.6 is 15.9 Å².